The van der Waals surface area contributed by atoms with Gasteiger partial charge in [-0.15, -0.1) is 0 Å². The van der Waals surface area contributed by atoms with Crippen LogP contribution in [0.2, 0.25) is 0 Å². The van der Waals surface area contributed by atoms with Crippen LogP contribution in [0.15, 0.2) is 253 Å². The van der Waals surface area contributed by atoms with Crippen LogP contribution in [0.3, 0.4) is 0 Å². The molecule has 20 rings (SSSR count). The van der Waals surface area contributed by atoms with E-state index in [9.17, 15) is 0 Å². The Morgan fingerprint density at radius 1 is 0.331 bits per heavy atom. The van der Waals surface area contributed by atoms with Gasteiger partial charge >= 0.3 is 0 Å². The summed E-state index contributed by atoms with van der Waals surface area (Å²) in [5.41, 5.74) is 9.24. The Labute approximate surface area is 731 Å². The first kappa shape index (κ1) is 81.6. The summed E-state index contributed by atoms with van der Waals surface area (Å²) in [6.45, 7) is 9.47. The third-order valence-electron chi connectivity index (χ3n) is 27.7. The Hall–Kier alpha value is -10.7. The summed E-state index contributed by atoms with van der Waals surface area (Å²) in [6.07, 6.45) is 42.6. The zero-order valence-electron chi connectivity index (χ0n) is 73.5. The maximum atomic E-state index is 7.71. The summed E-state index contributed by atoms with van der Waals surface area (Å²) in [4.78, 5) is 0. The van der Waals surface area contributed by atoms with Gasteiger partial charge in [-0.05, 0) is 270 Å². The standard InChI is InChI=1S/C116H120O8/c1-6-10-14-18-22-26-32-74-54-78-38-46-86-62-94(63-87-47-39-79(55-74)104(78)108(86)87)113(117-5)121-101-37-31-30-36-99-71-100(120-115(119-99)96-66-90-50-42-82-58-76(34-28-24-20-16-12-8-3)59-83-43-51-91(67-96)110(90)106(82)83)70-98-73-118-114(95-64-88-48-40-80-56-75(33-27-23-19-15-11-7-2)57-81-41-49-89(65-95)109(88)105(80)81)124-112(98)103-72-102(101)122-116(123-103)97-68-92-52-44-84-60-77(35-29-25-21-17-13-9-4)61-85-45-53-93(69-97)111(92)107(84)85/h30-31,36-69,72,98,100,113-116H,6-29,32-35,70-71,73H2,1-5H3/b31-30-,99-36+,101-37+,112-103-. The predicted octanol–water partition coefficient (Wildman–Crippen LogP) is 33.0. The van der Waals surface area contributed by atoms with Crippen molar-refractivity contribution in [3.8, 4) is 0 Å². The molecule has 1 aliphatic carbocycles. The lowest BCUT2D eigenvalue weighted by Crippen LogP contribution is -2.34. The first-order valence-corrected chi connectivity index (χ1v) is 47.7. The van der Waals surface area contributed by atoms with Crippen molar-refractivity contribution < 1.29 is 37.9 Å². The van der Waals surface area contributed by atoms with Crippen LogP contribution >= 0.6 is 0 Å². The van der Waals surface area contributed by atoms with E-state index in [4.69, 9.17) is 37.9 Å². The summed E-state index contributed by atoms with van der Waals surface area (Å²) >= 11 is 0. The van der Waals surface area contributed by atoms with Crippen molar-refractivity contribution in [2.45, 2.75) is 252 Å². The van der Waals surface area contributed by atoms with Crippen LogP contribution in [0, 0.1) is 5.92 Å². The number of benzene rings is 16. The maximum Gasteiger partial charge on any atom is 0.268 e. The van der Waals surface area contributed by atoms with E-state index in [1.54, 1.807) is 7.11 Å². The van der Waals surface area contributed by atoms with Gasteiger partial charge in [-0.2, -0.15) is 0 Å². The normalized spacial score (nSPS) is 19.8. The lowest BCUT2D eigenvalue weighted by molar-refractivity contribution is -0.210. The second-order valence-electron chi connectivity index (χ2n) is 36.8. The molecule has 124 heavy (non-hydrogen) atoms. The Kier molecular flexibility index (Phi) is 24.2. The van der Waals surface area contributed by atoms with Gasteiger partial charge in [-0.1, -0.05) is 314 Å². The average molecular weight is 1640 g/mol. The van der Waals surface area contributed by atoms with E-state index in [1.165, 1.54) is 263 Å². The first-order chi connectivity index (χ1) is 61.2. The Morgan fingerprint density at radius 2 is 0.653 bits per heavy atom. The Morgan fingerprint density at radius 3 is 1.02 bits per heavy atom. The van der Waals surface area contributed by atoms with Crippen molar-refractivity contribution in [1.29, 1.82) is 0 Å². The monoisotopic (exact) mass is 1640 g/mol. The highest BCUT2D eigenvalue weighted by molar-refractivity contribution is 6.27. The van der Waals surface area contributed by atoms with Gasteiger partial charge in [-0.3, -0.25) is 0 Å². The molecule has 3 aliphatic heterocycles. The molecule has 6 atom stereocenters. The molecule has 0 N–H and O–H groups in total. The van der Waals surface area contributed by atoms with Gasteiger partial charge in [-0.25, -0.2) is 0 Å². The SMILES string of the molecule is CCCCCCCCc1cc2ccc3cc(C4OC5=CC(=C6/OC(c7cc8ccc9cc(CCCCCCCC)cc%10ccc(c7)c8c9%10)OCC6CC6C\C(=C/C=C\C=C/5OC(OC)c5cc7ccc8cc(CCCCCCCC)cc9ccc(c5)c7c89)OC(c5cc7ccc8cc(CCCCCCCC)cc9ccc(c5)c7c89)O6)/O4)cc4ccc(c1)c2c34. The minimum atomic E-state index is -0.976. The maximum absolute atomic E-state index is 7.71. The molecule has 632 valence electrons. The summed E-state index contributed by atoms with van der Waals surface area (Å²) < 4.78 is 58.7. The summed E-state index contributed by atoms with van der Waals surface area (Å²) in [7, 11) is 1.73. The summed E-state index contributed by atoms with van der Waals surface area (Å²) in [5, 5.41) is 29.5. The molecule has 0 radical (unpaired) electrons. The van der Waals surface area contributed by atoms with Crippen LogP contribution in [0.25, 0.3) is 129 Å². The largest absolute Gasteiger partial charge is 0.465 e. The zero-order chi connectivity index (χ0) is 83.6. The second kappa shape index (κ2) is 36.8. The predicted molar refractivity (Wildman–Crippen MR) is 516 cm³/mol. The molecule has 2 saturated heterocycles. The highest BCUT2D eigenvalue weighted by atomic mass is 16.7. The van der Waals surface area contributed by atoms with Gasteiger partial charge in [0.1, 0.15) is 11.5 Å². The third-order valence-corrected chi connectivity index (χ3v) is 27.7. The number of aryl methyl sites for hydroxylation is 4. The van der Waals surface area contributed by atoms with Gasteiger partial charge in [0.05, 0.1) is 12.7 Å². The number of fused-ring (bicyclic) bond motifs is 4. The Balaban J connectivity index is 0.691. The molecule has 4 aliphatic rings. The number of ether oxygens (including phenoxy) is 8. The van der Waals surface area contributed by atoms with E-state index in [0.29, 0.717) is 42.5 Å². The molecule has 0 amide bonds. The number of unbranched alkanes of at least 4 members (excludes halogenated alkanes) is 20. The molecule has 16 aromatic carbocycles. The Bertz CT molecular complexity index is 6420. The summed E-state index contributed by atoms with van der Waals surface area (Å²) in [6, 6.07) is 74.4. The number of allylic oxidation sites excluding steroid dienone is 5. The van der Waals surface area contributed by atoms with E-state index >= 15 is 0 Å². The molecule has 3 heterocycles. The van der Waals surface area contributed by atoms with Gasteiger partial charge in [0.25, 0.3) is 6.29 Å². The molecule has 6 unspecified atom stereocenters. The summed E-state index contributed by atoms with van der Waals surface area (Å²) in [5.74, 6) is 2.48. The van der Waals surface area contributed by atoms with E-state index in [1.807, 2.05) is 18.2 Å². The zero-order valence-corrected chi connectivity index (χ0v) is 73.5. The number of hydrogen-bond acceptors (Lipinski definition) is 8. The van der Waals surface area contributed by atoms with Crippen LogP contribution in [0.1, 0.15) is 264 Å². The molecule has 0 saturated carbocycles. The highest BCUT2D eigenvalue weighted by Gasteiger charge is 2.40. The van der Waals surface area contributed by atoms with Crippen LogP contribution < -0.4 is 0 Å². The van der Waals surface area contributed by atoms with Crippen molar-refractivity contribution >= 4 is 129 Å². The second-order valence-corrected chi connectivity index (χ2v) is 36.8. The number of rotatable bonds is 35. The molecule has 0 spiro atoms. The van der Waals surface area contributed by atoms with Crippen molar-refractivity contribution in [3.63, 3.8) is 0 Å². The van der Waals surface area contributed by atoms with Gasteiger partial charge < -0.3 is 37.9 Å². The molecule has 8 heteroatoms. The highest BCUT2D eigenvalue weighted by Crippen LogP contribution is 2.50. The minimum Gasteiger partial charge on any atom is -0.465 e. The number of methoxy groups -OCH3 is 1. The fraction of sp³-hybridized carbons (Fsp3) is 0.362. The van der Waals surface area contributed by atoms with E-state index in [2.05, 4.69) is 234 Å². The number of hydrogen-bond donors (Lipinski definition) is 0. The fourth-order valence-electron chi connectivity index (χ4n) is 21.4. The first-order valence-electron chi connectivity index (χ1n) is 47.7. The van der Waals surface area contributed by atoms with Crippen LogP contribution in [0.4, 0.5) is 0 Å². The van der Waals surface area contributed by atoms with E-state index < -0.39 is 25.2 Å². The van der Waals surface area contributed by atoms with Crippen molar-refractivity contribution in [2.75, 3.05) is 13.7 Å². The minimum absolute atomic E-state index is 0.307. The molecule has 16 aromatic rings. The van der Waals surface area contributed by atoms with Crippen molar-refractivity contribution in [3.05, 3.63) is 298 Å². The quantitative estimate of drug-likeness (QED) is 0.0221. The topological polar surface area (TPSA) is 73.8 Å². The van der Waals surface area contributed by atoms with E-state index in [-0.39, 0.29) is 12.0 Å². The molecule has 4 bridgehead atoms. The lowest BCUT2D eigenvalue weighted by Gasteiger charge is -2.39. The average Bonchev–Trinajstić information content (AvgIpc) is 0.750. The van der Waals surface area contributed by atoms with Crippen LogP contribution in [-0.4, -0.2) is 19.8 Å². The van der Waals surface area contributed by atoms with Gasteiger partial charge in [0.15, 0.2) is 17.3 Å². The molecule has 8 nitrogen and oxygen atoms in total. The smallest absolute Gasteiger partial charge is 0.268 e. The molecular weight excluding hydrogens is 1520 g/mol. The van der Waals surface area contributed by atoms with E-state index in [0.717, 1.165) is 96.8 Å². The van der Waals surface area contributed by atoms with Crippen LogP contribution in [0.5, 0.6) is 0 Å². The lowest BCUT2D eigenvalue weighted by atomic mass is 9.90. The van der Waals surface area contributed by atoms with Crippen molar-refractivity contribution in [1.82, 2.24) is 0 Å². The fourth-order valence-corrected chi connectivity index (χ4v) is 21.4. The molecule has 2 fully saturated rings. The molecular formula is C116H120O8. The third kappa shape index (κ3) is 16.9. The van der Waals surface area contributed by atoms with Gasteiger partial charge in [0, 0.05) is 47.8 Å². The molecule has 0 aromatic heterocycles. The van der Waals surface area contributed by atoms with Crippen LogP contribution in [-0.2, 0) is 63.6 Å². The van der Waals surface area contributed by atoms with Crippen molar-refractivity contribution in [2.24, 2.45) is 5.92 Å². The van der Waals surface area contributed by atoms with Gasteiger partial charge in [0.2, 0.25) is 18.9 Å².